The fourth-order valence-corrected chi connectivity index (χ4v) is 2.30. The molecule has 0 heterocycles. The van der Waals surface area contributed by atoms with Crippen LogP contribution in [0.25, 0.3) is 0 Å². The molecule has 0 aliphatic rings. The normalized spacial score (nSPS) is 10.1. The Labute approximate surface area is 142 Å². The minimum absolute atomic E-state index is 0.0256. The number of benzene rings is 2. The molecule has 24 heavy (non-hydrogen) atoms. The van der Waals surface area contributed by atoms with E-state index in [2.05, 4.69) is 5.32 Å². The average molecular weight is 326 g/mol. The molecule has 2 aromatic carbocycles. The standard InChI is InChI=1S/C19H22N2O3/c1-13-4-7-15(8-5-13)18(20)19(22)21-11-10-14-6-9-16(23-2)17(12-14)24-3/h4-9,12,20H,10-11H2,1-3H3,(H,21,22). The zero-order valence-corrected chi connectivity index (χ0v) is 14.2. The molecule has 0 aliphatic carbocycles. The van der Waals surface area contributed by atoms with Gasteiger partial charge in [0, 0.05) is 12.1 Å². The summed E-state index contributed by atoms with van der Waals surface area (Å²) in [6, 6.07) is 13.0. The molecule has 0 atom stereocenters. The molecule has 0 aromatic heterocycles. The molecule has 0 radical (unpaired) electrons. The first-order valence-electron chi connectivity index (χ1n) is 7.70. The van der Waals surface area contributed by atoms with E-state index < -0.39 is 0 Å². The fourth-order valence-electron chi connectivity index (χ4n) is 2.30. The van der Waals surface area contributed by atoms with Crippen molar-refractivity contribution in [3.05, 3.63) is 59.2 Å². The SMILES string of the molecule is COc1ccc(CCNC(=O)C(=N)c2ccc(C)cc2)cc1OC. The summed E-state index contributed by atoms with van der Waals surface area (Å²) in [6.45, 7) is 2.42. The highest BCUT2D eigenvalue weighted by Crippen LogP contribution is 2.27. The van der Waals surface area contributed by atoms with Crippen LogP contribution in [-0.2, 0) is 11.2 Å². The van der Waals surface area contributed by atoms with E-state index in [-0.39, 0.29) is 11.6 Å². The average Bonchev–Trinajstić information content (AvgIpc) is 2.61. The first-order chi connectivity index (χ1) is 11.5. The Bertz CT molecular complexity index is 724. The highest BCUT2D eigenvalue weighted by atomic mass is 16.5. The third-order valence-corrected chi connectivity index (χ3v) is 3.71. The van der Waals surface area contributed by atoms with Gasteiger partial charge < -0.3 is 14.8 Å². The predicted molar refractivity (Wildman–Crippen MR) is 94.3 cm³/mol. The molecule has 2 rings (SSSR count). The van der Waals surface area contributed by atoms with E-state index in [0.717, 1.165) is 11.1 Å². The van der Waals surface area contributed by atoms with Gasteiger partial charge in [-0.2, -0.15) is 0 Å². The van der Waals surface area contributed by atoms with Gasteiger partial charge in [-0.25, -0.2) is 0 Å². The summed E-state index contributed by atoms with van der Waals surface area (Å²) in [7, 11) is 3.18. The van der Waals surface area contributed by atoms with Crippen molar-refractivity contribution in [1.29, 1.82) is 5.41 Å². The fraction of sp³-hybridized carbons (Fsp3) is 0.263. The van der Waals surface area contributed by atoms with Crippen LogP contribution in [0.5, 0.6) is 11.5 Å². The van der Waals surface area contributed by atoms with Gasteiger partial charge in [0.25, 0.3) is 5.91 Å². The quantitative estimate of drug-likeness (QED) is 0.769. The van der Waals surface area contributed by atoms with Crippen molar-refractivity contribution in [1.82, 2.24) is 5.32 Å². The number of carbonyl (C=O) groups is 1. The predicted octanol–water partition coefficient (Wildman–Crippen LogP) is 2.74. The van der Waals surface area contributed by atoms with Gasteiger partial charge in [0.15, 0.2) is 11.5 Å². The smallest absolute Gasteiger partial charge is 0.269 e. The molecule has 0 spiro atoms. The Morgan fingerprint density at radius 1 is 1.04 bits per heavy atom. The van der Waals surface area contributed by atoms with Crippen LogP contribution in [0.1, 0.15) is 16.7 Å². The third-order valence-electron chi connectivity index (χ3n) is 3.71. The summed E-state index contributed by atoms with van der Waals surface area (Å²) in [5, 5.41) is 10.7. The van der Waals surface area contributed by atoms with Crippen LogP contribution >= 0.6 is 0 Å². The topological polar surface area (TPSA) is 71.4 Å². The van der Waals surface area contributed by atoms with Crippen LogP contribution in [0.3, 0.4) is 0 Å². The third kappa shape index (κ3) is 4.35. The molecule has 126 valence electrons. The molecule has 0 bridgehead atoms. The first-order valence-corrected chi connectivity index (χ1v) is 7.70. The number of hydrogen-bond acceptors (Lipinski definition) is 4. The Morgan fingerprint density at radius 3 is 2.33 bits per heavy atom. The first kappa shape index (κ1) is 17.5. The zero-order chi connectivity index (χ0) is 17.5. The number of amides is 1. The lowest BCUT2D eigenvalue weighted by Gasteiger charge is -2.10. The number of ether oxygens (including phenoxy) is 2. The van der Waals surface area contributed by atoms with Crippen molar-refractivity contribution in [3.63, 3.8) is 0 Å². The Balaban J connectivity index is 1.90. The van der Waals surface area contributed by atoms with E-state index in [9.17, 15) is 4.79 Å². The molecule has 1 amide bonds. The lowest BCUT2D eigenvalue weighted by Crippen LogP contribution is -2.32. The van der Waals surface area contributed by atoms with E-state index in [1.807, 2.05) is 37.3 Å². The van der Waals surface area contributed by atoms with Crippen molar-refractivity contribution in [2.24, 2.45) is 0 Å². The minimum atomic E-state index is -0.376. The van der Waals surface area contributed by atoms with Crippen LogP contribution in [-0.4, -0.2) is 32.4 Å². The van der Waals surface area contributed by atoms with E-state index in [1.165, 1.54) is 0 Å². The zero-order valence-electron chi connectivity index (χ0n) is 14.2. The second-order valence-corrected chi connectivity index (χ2v) is 5.44. The van der Waals surface area contributed by atoms with Gasteiger partial charge in [-0.05, 0) is 31.0 Å². The second-order valence-electron chi connectivity index (χ2n) is 5.44. The van der Waals surface area contributed by atoms with Gasteiger partial charge in [-0.3, -0.25) is 10.2 Å². The van der Waals surface area contributed by atoms with Gasteiger partial charge >= 0.3 is 0 Å². The maximum Gasteiger partial charge on any atom is 0.269 e. The van der Waals surface area contributed by atoms with E-state index in [0.29, 0.717) is 30.0 Å². The van der Waals surface area contributed by atoms with Crippen LogP contribution in [0.4, 0.5) is 0 Å². The molecule has 0 saturated heterocycles. The molecule has 2 N–H and O–H groups in total. The Hall–Kier alpha value is -2.82. The summed E-state index contributed by atoms with van der Waals surface area (Å²) >= 11 is 0. The highest BCUT2D eigenvalue weighted by Gasteiger charge is 2.11. The minimum Gasteiger partial charge on any atom is -0.493 e. The van der Waals surface area contributed by atoms with Crippen molar-refractivity contribution in [2.45, 2.75) is 13.3 Å². The molecule has 2 aromatic rings. The summed E-state index contributed by atoms with van der Waals surface area (Å²) < 4.78 is 10.5. The number of hydrogen-bond donors (Lipinski definition) is 2. The molecular weight excluding hydrogens is 304 g/mol. The van der Waals surface area contributed by atoms with Crippen molar-refractivity contribution in [3.8, 4) is 11.5 Å². The van der Waals surface area contributed by atoms with Crippen LogP contribution < -0.4 is 14.8 Å². The largest absolute Gasteiger partial charge is 0.493 e. The number of rotatable bonds is 7. The van der Waals surface area contributed by atoms with E-state index in [4.69, 9.17) is 14.9 Å². The molecule has 0 fully saturated rings. The lowest BCUT2D eigenvalue weighted by molar-refractivity contribution is -0.114. The molecule has 5 heteroatoms. The second kappa shape index (κ2) is 8.15. The van der Waals surface area contributed by atoms with Gasteiger partial charge in [-0.1, -0.05) is 35.9 Å². The Morgan fingerprint density at radius 2 is 1.71 bits per heavy atom. The van der Waals surface area contributed by atoms with Gasteiger partial charge in [-0.15, -0.1) is 0 Å². The van der Waals surface area contributed by atoms with Crippen molar-refractivity contribution >= 4 is 11.6 Å². The van der Waals surface area contributed by atoms with Gasteiger partial charge in [0.1, 0.15) is 5.71 Å². The number of carbonyl (C=O) groups excluding carboxylic acids is 1. The molecule has 0 saturated carbocycles. The maximum absolute atomic E-state index is 12.1. The monoisotopic (exact) mass is 326 g/mol. The summed E-state index contributed by atoms with van der Waals surface area (Å²) in [6.07, 6.45) is 0.646. The highest BCUT2D eigenvalue weighted by molar-refractivity contribution is 6.44. The van der Waals surface area contributed by atoms with Gasteiger partial charge in [0.05, 0.1) is 14.2 Å². The number of methoxy groups -OCH3 is 2. The van der Waals surface area contributed by atoms with Crippen LogP contribution in [0.2, 0.25) is 0 Å². The molecule has 0 aliphatic heterocycles. The number of nitrogens with one attached hydrogen (secondary N) is 2. The summed E-state index contributed by atoms with van der Waals surface area (Å²) in [5.74, 6) is 0.958. The summed E-state index contributed by atoms with van der Waals surface area (Å²) in [5.41, 5.74) is 2.71. The van der Waals surface area contributed by atoms with Crippen molar-refractivity contribution < 1.29 is 14.3 Å². The van der Waals surface area contributed by atoms with Crippen LogP contribution in [0.15, 0.2) is 42.5 Å². The maximum atomic E-state index is 12.1. The summed E-state index contributed by atoms with van der Waals surface area (Å²) in [4.78, 5) is 12.1. The van der Waals surface area contributed by atoms with Gasteiger partial charge in [0.2, 0.25) is 0 Å². The van der Waals surface area contributed by atoms with Crippen molar-refractivity contribution in [2.75, 3.05) is 20.8 Å². The van der Waals surface area contributed by atoms with E-state index >= 15 is 0 Å². The number of aryl methyl sites for hydroxylation is 1. The van der Waals surface area contributed by atoms with Crippen LogP contribution in [0, 0.1) is 12.3 Å². The molecule has 0 unspecified atom stereocenters. The molecular formula is C19H22N2O3. The Kier molecular flexibility index (Phi) is 5.95. The molecule has 5 nitrogen and oxygen atoms in total. The van der Waals surface area contributed by atoms with E-state index in [1.54, 1.807) is 26.4 Å². The lowest BCUT2D eigenvalue weighted by atomic mass is 10.1.